The van der Waals surface area contributed by atoms with Crippen molar-refractivity contribution in [1.82, 2.24) is 4.98 Å². The van der Waals surface area contributed by atoms with Gasteiger partial charge in [0.1, 0.15) is 18.1 Å². The third kappa shape index (κ3) is 3.40. The van der Waals surface area contributed by atoms with Crippen molar-refractivity contribution in [2.24, 2.45) is 0 Å². The number of aliphatic hydroxyl groups excluding tert-OH is 1. The van der Waals surface area contributed by atoms with E-state index in [4.69, 9.17) is 21.1 Å². The highest BCUT2D eigenvalue weighted by atomic mass is 35.5. The quantitative estimate of drug-likeness (QED) is 0.920. The monoisotopic (exact) mass is 293 g/mol. The molecule has 0 amide bonds. The van der Waals surface area contributed by atoms with Gasteiger partial charge in [0.25, 0.3) is 0 Å². The Labute approximate surface area is 122 Å². The summed E-state index contributed by atoms with van der Waals surface area (Å²) in [6.07, 6.45) is 0. The molecular weight excluding hydrogens is 278 g/mol. The van der Waals surface area contributed by atoms with Crippen LogP contribution in [-0.4, -0.2) is 17.2 Å². The smallest absolute Gasteiger partial charge is 0.130 e. The van der Waals surface area contributed by atoms with Gasteiger partial charge >= 0.3 is 0 Å². The minimum absolute atomic E-state index is 0.167. The number of aryl methyl sites for hydroxylation is 1. The van der Waals surface area contributed by atoms with E-state index in [-0.39, 0.29) is 13.2 Å². The Morgan fingerprint density at radius 1 is 1.30 bits per heavy atom. The fourth-order valence-electron chi connectivity index (χ4n) is 1.87. The minimum Gasteiger partial charge on any atom is -0.497 e. The first-order chi connectivity index (χ1) is 9.63. The van der Waals surface area contributed by atoms with Crippen molar-refractivity contribution in [3.05, 3.63) is 52.3 Å². The Balaban J connectivity index is 2.17. The van der Waals surface area contributed by atoms with Crippen molar-refractivity contribution >= 4 is 11.6 Å². The number of pyridine rings is 1. The zero-order valence-corrected chi connectivity index (χ0v) is 12.1. The van der Waals surface area contributed by atoms with Crippen LogP contribution >= 0.6 is 11.6 Å². The second-order valence-corrected chi connectivity index (χ2v) is 4.71. The fraction of sp³-hybridized carbons (Fsp3) is 0.267. The van der Waals surface area contributed by atoms with E-state index >= 15 is 0 Å². The number of methoxy groups -OCH3 is 1. The fourth-order valence-corrected chi connectivity index (χ4v) is 2.10. The lowest BCUT2D eigenvalue weighted by atomic mass is 10.2. The SMILES string of the molecule is COc1cc(C)nc(COc2cccc(Cl)c2CO)c1. The summed E-state index contributed by atoms with van der Waals surface area (Å²) < 4.78 is 10.9. The molecule has 106 valence electrons. The van der Waals surface area contributed by atoms with Crippen molar-refractivity contribution in [1.29, 1.82) is 0 Å². The number of benzene rings is 1. The molecule has 1 aromatic heterocycles. The molecule has 1 heterocycles. The van der Waals surface area contributed by atoms with E-state index in [1.54, 1.807) is 25.3 Å². The zero-order valence-electron chi connectivity index (χ0n) is 11.4. The molecule has 0 aliphatic heterocycles. The maximum atomic E-state index is 9.32. The van der Waals surface area contributed by atoms with E-state index < -0.39 is 0 Å². The van der Waals surface area contributed by atoms with Gasteiger partial charge in [0.2, 0.25) is 0 Å². The van der Waals surface area contributed by atoms with Gasteiger partial charge in [0.05, 0.1) is 19.4 Å². The van der Waals surface area contributed by atoms with Crippen LogP contribution in [-0.2, 0) is 13.2 Å². The third-order valence-electron chi connectivity index (χ3n) is 2.83. The first kappa shape index (κ1) is 14.6. The molecule has 0 aliphatic rings. The molecule has 2 aromatic rings. The van der Waals surface area contributed by atoms with E-state index in [9.17, 15) is 5.11 Å². The minimum atomic E-state index is -0.167. The highest BCUT2D eigenvalue weighted by molar-refractivity contribution is 6.31. The number of nitrogens with zero attached hydrogens (tertiary/aromatic N) is 1. The van der Waals surface area contributed by atoms with Gasteiger partial charge < -0.3 is 14.6 Å². The maximum Gasteiger partial charge on any atom is 0.130 e. The lowest BCUT2D eigenvalue weighted by Gasteiger charge is -2.12. The van der Waals surface area contributed by atoms with Crippen molar-refractivity contribution in [2.45, 2.75) is 20.1 Å². The van der Waals surface area contributed by atoms with Crippen LogP contribution in [0.5, 0.6) is 11.5 Å². The molecular formula is C15H16ClNO3. The Bertz CT molecular complexity index is 602. The van der Waals surface area contributed by atoms with Crippen LogP contribution in [0.25, 0.3) is 0 Å². The summed E-state index contributed by atoms with van der Waals surface area (Å²) in [7, 11) is 1.61. The Hall–Kier alpha value is -1.78. The van der Waals surface area contributed by atoms with E-state index in [0.29, 0.717) is 16.3 Å². The lowest BCUT2D eigenvalue weighted by Crippen LogP contribution is -2.02. The predicted octanol–water partition coefficient (Wildman–Crippen LogP) is 3.12. The number of hydrogen-bond donors (Lipinski definition) is 1. The first-order valence-corrected chi connectivity index (χ1v) is 6.54. The summed E-state index contributed by atoms with van der Waals surface area (Å²) in [4.78, 5) is 4.37. The summed E-state index contributed by atoms with van der Waals surface area (Å²) >= 11 is 6.01. The molecule has 20 heavy (non-hydrogen) atoms. The van der Waals surface area contributed by atoms with Crippen LogP contribution in [0.4, 0.5) is 0 Å². The summed E-state index contributed by atoms with van der Waals surface area (Å²) in [6.45, 7) is 2.01. The molecule has 0 fully saturated rings. The molecule has 1 aromatic carbocycles. The molecule has 0 bridgehead atoms. The normalized spacial score (nSPS) is 10.4. The number of hydrogen-bond acceptors (Lipinski definition) is 4. The summed E-state index contributed by atoms with van der Waals surface area (Å²) in [5.74, 6) is 1.30. The largest absolute Gasteiger partial charge is 0.497 e. The summed E-state index contributed by atoms with van der Waals surface area (Å²) in [5, 5.41) is 9.81. The van der Waals surface area contributed by atoms with Crippen LogP contribution in [0.1, 0.15) is 17.0 Å². The van der Waals surface area contributed by atoms with Gasteiger partial charge in [0, 0.05) is 28.4 Å². The molecule has 0 saturated carbocycles. The van der Waals surface area contributed by atoms with Crippen LogP contribution in [0.3, 0.4) is 0 Å². The van der Waals surface area contributed by atoms with Crippen LogP contribution < -0.4 is 9.47 Å². The number of ether oxygens (including phenoxy) is 2. The summed E-state index contributed by atoms with van der Waals surface area (Å²) in [6, 6.07) is 8.93. The van der Waals surface area contributed by atoms with Crippen LogP contribution in [0.15, 0.2) is 30.3 Å². The van der Waals surface area contributed by atoms with Crippen molar-refractivity contribution in [3.8, 4) is 11.5 Å². The van der Waals surface area contributed by atoms with Gasteiger partial charge in [-0.05, 0) is 19.1 Å². The second-order valence-electron chi connectivity index (χ2n) is 4.30. The Kier molecular flexibility index (Phi) is 4.82. The topological polar surface area (TPSA) is 51.6 Å². The van der Waals surface area contributed by atoms with E-state index in [1.807, 2.05) is 19.1 Å². The molecule has 0 saturated heterocycles. The Morgan fingerprint density at radius 3 is 2.80 bits per heavy atom. The Morgan fingerprint density at radius 2 is 2.10 bits per heavy atom. The molecule has 0 atom stereocenters. The van der Waals surface area contributed by atoms with Gasteiger partial charge in [-0.2, -0.15) is 0 Å². The van der Waals surface area contributed by atoms with E-state index in [2.05, 4.69) is 4.98 Å². The molecule has 0 aliphatic carbocycles. The van der Waals surface area contributed by atoms with E-state index in [1.165, 1.54) is 0 Å². The molecule has 0 radical (unpaired) electrons. The van der Waals surface area contributed by atoms with Crippen LogP contribution in [0, 0.1) is 6.92 Å². The van der Waals surface area contributed by atoms with Gasteiger partial charge in [-0.25, -0.2) is 0 Å². The molecule has 4 nitrogen and oxygen atoms in total. The number of halogens is 1. The van der Waals surface area contributed by atoms with Crippen molar-refractivity contribution in [2.75, 3.05) is 7.11 Å². The van der Waals surface area contributed by atoms with Crippen molar-refractivity contribution < 1.29 is 14.6 Å². The predicted molar refractivity (Wildman–Crippen MR) is 77.2 cm³/mol. The number of aromatic nitrogens is 1. The number of aliphatic hydroxyl groups is 1. The molecule has 0 spiro atoms. The van der Waals surface area contributed by atoms with Gasteiger partial charge in [0.15, 0.2) is 0 Å². The lowest BCUT2D eigenvalue weighted by molar-refractivity contribution is 0.257. The maximum absolute atomic E-state index is 9.32. The molecule has 5 heteroatoms. The molecule has 1 N–H and O–H groups in total. The average Bonchev–Trinajstić information content (AvgIpc) is 2.44. The third-order valence-corrected chi connectivity index (χ3v) is 3.18. The van der Waals surface area contributed by atoms with Crippen LogP contribution in [0.2, 0.25) is 5.02 Å². The second kappa shape index (κ2) is 6.59. The zero-order chi connectivity index (χ0) is 14.5. The first-order valence-electron chi connectivity index (χ1n) is 6.16. The standard InChI is InChI=1S/C15H16ClNO3/c1-10-6-12(19-2)7-11(17-10)9-20-15-5-3-4-14(16)13(15)8-18/h3-7,18H,8-9H2,1-2H3. The highest BCUT2D eigenvalue weighted by Crippen LogP contribution is 2.27. The highest BCUT2D eigenvalue weighted by Gasteiger charge is 2.08. The molecule has 0 unspecified atom stereocenters. The van der Waals surface area contributed by atoms with Gasteiger partial charge in [-0.3, -0.25) is 4.98 Å². The summed E-state index contributed by atoms with van der Waals surface area (Å²) in [5.41, 5.74) is 2.19. The van der Waals surface area contributed by atoms with E-state index in [0.717, 1.165) is 17.1 Å². The van der Waals surface area contributed by atoms with Gasteiger partial charge in [-0.15, -0.1) is 0 Å². The van der Waals surface area contributed by atoms with Gasteiger partial charge in [-0.1, -0.05) is 17.7 Å². The van der Waals surface area contributed by atoms with Crippen molar-refractivity contribution in [3.63, 3.8) is 0 Å². The number of rotatable bonds is 5. The molecule has 2 rings (SSSR count). The average molecular weight is 294 g/mol.